The Morgan fingerprint density at radius 2 is 1.73 bits per heavy atom. The van der Waals surface area contributed by atoms with Gasteiger partial charge in [-0.1, -0.05) is 0 Å². The summed E-state index contributed by atoms with van der Waals surface area (Å²) in [7, 11) is 1.64. The van der Waals surface area contributed by atoms with Crippen molar-refractivity contribution in [1.29, 1.82) is 0 Å². The van der Waals surface area contributed by atoms with Crippen molar-refractivity contribution in [3.05, 3.63) is 65.4 Å². The summed E-state index contributed by atoms with van der Waals surface area (Å²) >= 11 is 1.25. The van der Waals surface area contributed by atoms with Crippen molar-refractivity contribution in [1.82, 2.24) is 9.88 Å². The number of rotatable bonds is 6. The number of carbonyl (C=O) groups is 2. The molecule has 1 aliphatic rings. The Bertz CT molecular complexity index is 1100. The maximum Gasteiger partial charge on any atom is 0.325 e. The summed E-state index contributed by atoms with van der Waals surface area (Å²) in [5.74, 6) is 0.451. The van der Waals surface area contributed by atoms with Crippen LogP contribution >= 0.6 is 11.3 Å². The van der Waals surface area contributed by atoms with Crippen molar-refractivity contribution in [3.8, 4) is 5.75 Å². The normalized spacial score (nSPS) is 13.5. The van der Waals surface area contributed by atoms with E-state index in [9.17, 15) is 14.0 Å². The van der Waals surface area contributed by atoms with Gasteiger partial charge in [0.05, 0.1) is 19.2 Å². The minimum atomic E-state index is -0.483. The Hall–Kier alpha value is -3.66. The Morgan fingerprint density at radius 1 is 1.03 bits per heavy atom. The van der Waals surface area contributed by atoms with Crippen molar-refractivity contribution >= 4 is 39.8 Å². The average Bonchev–Trinajstić information content (AvgIpc) is 3.27. The van der Waals surface area contributed by atoms with Gasteiger partial charge in [-0.15, -0.1) is 11.3 Å². The molecule has 0 radical (unpaired) electrons. The lowest BCUT2D eigenvalue weighted by Gasteiger charge is -2.36. The highest BCUT2D eigenvalue weighted by molar-refractivity contribution is 7.14. The van der Waals surface area contributed by atoms with Crippen molar-refractivity contribution in [2.75, 3.05) is 48.8 Å². The zero-order valence-corrected chi connectivity index (χ0v) is 18.9. The highest BCUT2D eigenvalue weighted by atomic mass is 32.1. The van der Waals surface area contributed by atoms with Gasteiger partial charge in [0.1, 0.15) is 11.6 Å². The Labute approximate surface area is 195 Å². The quantitative estimate of drug-likeness (QED) is 0.573. The third-order valence-corrected chi connectivity index (χ3v) is 6.08. The van der Waals surface area contributed by atoms with E-state index in [2.05, 4.69) is 20.5 Å². The molecular weight excluding hydrogens is 445 g/mol. The fourth-order valence-electron chi connectivity index (χ4n) is 3.51. The molecule has 1 fully saturated rings. The Balaban J connectivity index is 1.24. The number of thiazole rings is 1. The number of piperazine rings is 1. The lowest BCUT2D eigenvalue weighted by atomic mass is 10.2. The van der Waals surface area contributed by atoms with Crippen LogP contribution in [0, 0.1) is 5.82 Å². The van der Waals surface area contributed by atoms with Gasteiger partial charge in [0.15, 0.2) is 5.13 Å². The molecule has 172 valence electrons. The number of halogens is 1. The Kier molecular flexibility index (Phi) is 7.04. The van der Waals surface area contributed by atoms with E-state index in [0.29, 0.717) is 29.6 Å². The van der Waals surface area contributed by atoms with E-state index in [0.717, 1.165) is 24.5 Å². The molecule has 0 saturated carbocycles. The van der Waals surface area contributed by atoms with E-state index >= 15 is 0 Å². The highest BCUT2D eigenvalue weighted by Gasteiger charge is 2.22. The van der Waals surface area contributed by atoms with Crippen LogP contribution in [-0.4, -0.2) is 55.1 Å². The zero-order chi connectivity index (χ0) is 23.2. The van der Waals surface area contributed by atoms with Gasteiger partial charge in [0.25, 0.3) is 0 Å². The lowest BCUT2D eigenvalue weighted by molar-refractivity contribution is -0.130. The first-order valence-corrected chi connectivity index (χ1v) is 11.3. The van der Waals surface area contributed by atoms with E-state index in [4.69, 9.17) is 4.74 Å². The predicted molar refractivity (Wildman–Crippen MR) is 127 cm³/mol. The third-order valence-electron chi connectivity index (χ3n) is 5.28. The van der Waals surface area contributed by atoms with E-state index < -0.39 is 6.03 Å². The molecule has 8 nitrogen and oxygen atoms in total. The SMILES string of the molecule is COc1ccc(N2CCN(C(=O)Cc3csc(NC(=O)Nc4ccc(F)cc4)n3)CC2)cc1. The van der Waals surface area contributed by atoms with E-state index in [1.807, 2.05) is 29.2 Å². The predicted octanol–water partition coefficient (Wildman–Crippen LogP) is 3.83. The summed E-state index contributed by atoms with van der Waals surface area (Å²) in [6.45, 7) is 2.79. The number of hydrogen-bond donors (Lipinski definition) is 2. The minimum Gasteiger partial charge on any atom is -0.497 e. The number of urea groups is 1. The molecule has 4 rings (SSSR count). The summed E-state index contributed by atoms with van der Waals surface area (Å²) < 4.78 is 18.2. The van der Waals surface area contributed by atoms with Gasteiger partial charge in [-0.25, -0.2) is 14.2 Å². The molecule has 0 atom stereocenters. The second-order valence-corrected chi connectivity index (χ2v) is 8.33. The van der Waals surface area contributed by atoms with Crippen LogP contribution in [0.5, 0.6) is 5.75 Å². The standard InChI is InChI=1S/C23H24FN5O3S/c1-32-20-8-6-19(7-9-20)28-10-12-29(13-11-28)21(30)14-18-15-33-23(26-18)27-22(31)25-17-4-2-16(24)3-5-17/h2-9,15H,10-14H2,1H3,(H2,25,26,27,31). The molecule has 1 aromatic heterocycles. The number of anilines is 3. The van der Waals surface area contributed by atoms with E-state index in [-0.39, 0.29) is 18.1 Å². The number of nitrogens with one attached hydrogen (secondary N) is 2. The van der Waals surface area contributed by atoms with Crippen LogP contribution in [0.3, 0.4) is 0 Å². The van der Waals surface area contributed by atoms with Crippen molar-refractivity contribution in [2.24, 2.45) is 0 Å². The van der Waals surface area contributed by atoms with Crippen LogP contribution in [0.1, 0.15) is 5.69 Å². The molecule has 1 aliphatic heterocycles. The number of methoxy groups -OCH3 is 1. The number of ether oxygens (including phenoxy) is 1. The first kappa shape index (κ1) is 22.5. The Morgan fingerprint density at radius 3 is 2.39 bits per heavy atom. The van der Waals surface area contributed by atoms with Crippen LogP contribution in [-0.2, 0) is 11.2 Å². The summed E-state index contributed by atoms with van der Waals surface area (Å²) in [6, 6.07) is 12.9. The van der Waals surface area contributed by atoms with Gasteiger partial charge in [-0.3, -0.25) is 10.1 Å². The molecule has 2 heterocycles. The zero-order valence-electron chi connectivity index (χ0n) is 18.1. The number of carbonyl (C=O) groups excluding carboxylic acids is 2. The number of amides is 3. The number of hydrogen-bond acceptors (Lipinski definition) is 6. The molecule has 0 aliphatic carbocycles. The van der Waals surface area contributed by atoms with Gasteiger partial charge < -0.3 is 19.9 Å². The fraction of sp³-hybridized carbons (Fsp3) is 0.261. The largest absolute Gasteiger partial charge is 0.497 e. The van der Waals surface area contributed by atoms with Gasteiger partial charge >= 0.3 is 6.03 Å². The molecule has 10 heteroatoms. The molecule has 3 amide bonds. The van der Waals surface area contributed by atoms with Gasteiger partial charge in [0, 0.05) is 42.9 Å². The van der Waals surface area contributed by atoms with Crippen molar-refractivity contribution in [2.45, 2.75) is 6.42 Å². The van der Waals surface area contributed by atoms with Crippen LogP contribution in [0.15, 0.2) is 53.9 Å². The first-order valence-electron chi connectivity index (χ1n) is 10.4. The topological polar surface area (TPSA) is 86.8 Å². The number of benzene rings is 2. The number of nitrogens with zero attached hydrogens (tertiary/aromatic N) is 3. The van der Waals surface area contributed by atoms with Gasteiger partial charge in [0.2, 0.25) is 5.91 Å². The summed E-state index contributed by atoms with van der Waals surface area (Å²) in [6.07, 6.45) is 0.181. The number of aromatic nitrogens is 1. The summed E-state index contributed by atoms with van der Waals surface area (Å²) in [4.78, 5) is 33.2. The average molecular weight is 470 g/mol. The molecule has 0 unspecified atom stereocenters. The molecule has 2 N–H and O–H groups in total. The van der Waals surface area contributed by atoms with E-state index in [1.165, 1.54) is 35.6 Å². The molecule has 1 saturated heterocycles. The highest BCUT2D eigenvalue weighted by Crippen LogP contribution is 2.21. The van der Waals surface area contributed by atoms with Gasteiger partial charge in [-0.05, 0) is 48.5 Å². The van der Waals surface area contributed by atoms with Crippen molar-refractivity contribution in [3.63, 3.8) is 0 Å². The smallest absolute Gasteiger partial charge is 0.325 e. The van der Waals surface area contributed by atoms with Gasteiger partial charge in [-0.2, -0.15) is 0 Å². The fourth-order valence-corrected chi connectivity index (χ4v) is 4.22. The monoisotopic (exact) mass is 469 g/mol. The molecule has 3 aromatic rings. The van der Waals surface area contributed by atoms with Crippen molar-refractivity contribution < 1.29 is 18.7 Å². The summed E-state index contributed by atoms with van der Waals surface area (Å²) in [5, 5.41) is 7.39. The van der Waals surface area contributed by atoms with Crippen LogP contribution in [0.4, 0.5) is 25.7 Å². The van der Waals surface area contributed by atoms with Crippen LogP contribution < -0.4 is 20.3 Å². The summed E-state index contributed by atoms with van der Waals surface area (Å²) in [5.41, 5.74) is 2.19. The molecule has 33 heavy (non-hydrogen) atoms. The first-order chi connectivity index (χ1) is 16.0. The maximum atomic E-state index is 13.0. The molecular formula is C23H24FN5O3S. The maximum absolute atomic E-state index is 13.0. The molecule has 0 bridgehead atoms. The van der Waals surface area contributed by atoms with E-state index in [1.54, 1.807) is 12.5 Å². The van der Waals surface area contributed by atoms with Crippen LogP contribution in [0.2, 0.25) is 0 Å². The third kappa shape index (κ3) is 5.98. The minimum absolute atomic E-state index is 0.0111. The lowest BCUT2D eigenvalue weighted by Crippen LogP contribution is -2.49. The molecule has 2 aromatic carbocycles. The molecule has 0 spiro atoms. The second-order valence-electron chi connectivity index (χ2n) is 7.47. The second kappa shape index (κ2) is 10.3. The van der Waals surface area contributed by atoms with Crippen LogP contribution in [0.25, 0.3) is 0 Å².